The summed E-state index contributed by atoms with van der Waals surface area (Å²) in [6.45, 7) is 0. The molecule has 0 aromatic heterocycles. The summed E-state index contributed by atoms with van der Waals surface area (Å²) in [4.78, 5) is 31.0. The van der Waals surface area contributed by atoms with Gasteiger partial charge in [0.05, 0.1) is 0 Å². The Bertz CT molecular complexity index is 155. The van der Waals surface area contributed by atoms with Gasteiger partial charge in [0.1, 0.15) is 0 Å². The second-order valence-corrected chi connectivity index (χ2v) is 3.68. The van der Waals surface area contributed by atoms with Crippen LogP contribution >= 0.6 is 15.6 Å². The standard InChI is InChI=1S/2Cu.H4O7P2.H2O/c;;1-8(2,3)7-9(4,5)6;/h;;(H2,1,2,3)(H2,4,5,6);1H2. The molecule has 0 aliphatic heterocycles. The van der Waals surface area contributed by atoms with E-state index in [1.165, 1.54) is 0 Å². The molecule has 0 amide bonds. The fraction of sp³-hybridized carbons (Fsp3) is 0. The smallest absolute Gasteiger partial charge is 0.412 e. The molecule has 0 fully saturated rings. The van der Waals surface area contributed by atoms with Gasteiger partial charge in [-0.05, 0) is 0 Å². The topological polar surface area (TPSA) is 156 Å². The van der Waals surface area contributed by atoms with Gasteiger partial charge in [0.15, 0.2) is 0 Å². The molecule has 0 saturated heterocycles. The molecule has 0 heterocycles. The molecule has 0 aliphatic carbocycles. The molecule has 0 spiro atoms. The third-order valence-corrected chi connectivity index (χ3v) is 1.91. The van der Waals surface area contributed by atoms with Crippen LogP contribution in [0, 0.1) is 0 Å². The fourth-order valence-electron chi connectivity index (χ4n) is 0.139. The maximum Gasteiger partial charge on any atom is 0.478 e. The van der Waals surface area contributed by atoms with Gasteiger partial charge in [-0.15, -0.1) is 0 Å². The second kappa shape index (κ2) is 7.64. The SMILES string of the molecule is O.O=P(O)(O)OP(=O)(O)O.[Cu].[Cu]. The monoisotopic (exact) mass is 322 g/mol. The zero-order chi connectivity index (χ0) is 7.71. The molecule has 0 rings (SSSR count). The molecule has 0 atom stereocenters. The van der Waals surface area contributed by atoms with Crippen LogP contribution in [0.25, 0.3) is 0 Å². The van der Waals surface area contributed by atoms with Crippen LogP contribution in [-0.2, 0) is 47.6 Å². The Balaban J connectivity index is -0.000000107. The van der Waals surface area contributed by atoms with Gasteiger partial charge in [-0.2, -0.15) is 4.31 Å². The van der Waals surface area contributed by atoms with Gasteiger partial charge in [0.25, 0.3) is 0 Å². The number of hydrogen-bond acceptors (Lipinski definition) is 3. The Morgan fingerprint density at radius 1 is 0.833 bits per heavy atom. The third-order valence-electron chi connectivity index (χ3n) is 0.213. The van der Waals surface area contributed by atoms with E-state index in [-0.39, 0.29) is 39.6 Å². The summed E-state index contributed by atoms with van der Waals surface area (Å²) < 4.78 is 22.2. The van der Waals surface area contributed by atoms with Crippen molar-refractivity contribution in [2.75, 3.05) is 0 Å². The van der Waals surface area contributed by atoms with E-state index < -0.39 is 15.6 Å². The summed E-state index contributed by atoms with van der Waals surface area (Å²) in [5.41, 5.74) is 0. The third kappa shape index (κ3) is 22.5. The Morgan fingerprint density at radius 2 is 1.00 bits per heavy atom. The number of rotatable bonds is 2. The van der Waals surface area contributed by atoms with E-state index in [4.69, 9.17) is 19.6 Å². The van der Waals surface area contributed by atoms with E-state index in [0.29, 0.717) is 0 Å². The predicted octanol–water partition coefficient (Wildman–Crippen LogP) is -1.64. The summed E-state index contributed by atoms with van der Waals surface area (Å²) in [6.07, 6.45) is 0. The van der Waals surface area contributed by atoms with E-state index in [9.17, 15) is 9.13 Å². The first-order chi connectivity index (χ1) is 3.71. The predicted molar refractivity (Wildman–Crippen MR) is 28.8 cm³/mol. The Kier molecular flexibility index (Phi) is 14.8. The summed E-state index contributed by atoms with van der Waals surface area (Å²) in [5, 5.41) is 0. The fourth-order valence-corrected chi connectivity index (χ4v) is 1.25. The van der Waals surface area contributed by atoms with Crippen molar-refractivity contribution in [1.29, 1.82) is 0 Å². The van der Waals surface area contributed by atoms with Crippen LogP contribution in [0.3, 0.4) is 0 Å². The average molecular weight is 323 g/mol. The summed E-state index contributed by atoms with van der Waals surface area (Å²) in [7, 11) is -10.1. The molecular formula is H6Cu2O8P2. The molecule has 2 radical (unpaired) electrons. The molecule has 12 heavy (non-hydrogen) atoms. The zero-order valence-corrected chi connectivity index (χ0v) is 8.68. The van der Waals surface area contributed by atoms with Crippen LogP contribution in [0.15, 0.2) is 0 Å². The Morgan fingerprint density at radius 3 is 1.00 bits per heavy atom. The molecule has 0 aromatic carbocycles. The molecule has 0 bridgehead atoms. The van der Waals surface area contributed by atoms with Crippen LogP contribution in [0.2, 0.25) is 0 Å². The van der Waals surface area contributed by atoms with Gasteiger partial charge in [0, 0.05) is 34.1 Å². The molecule has 6 N–H and O–H groups in total. The Labute approximate surface area is 88.4 Å². The van der Waals surface area contributed by atoms with Crippen molar-refractivity contribution in [2.45, 2.75) is 0 Å². The van der Waals surface area contributed by atoms with Gasteiger partial charge in [-0.1, -0.05) is 0 Å². The van der Waals surface area contributed by atoms with E-state index in [0.717, 1.165) is 0 Å². The van der Waals surface area contributed by atoms with Crippen molar-refractivity contribution in [3.05, 3.63) is 0 Å². The normalized spacial score (nSPS) is 10.3. The first-order valence-corrected chi connectivity index (χ1v) is 4.59. The average Bonchev–Trinajstić information content (AvgIpc) is 1.14. The molecule has 86 valence electrons. The molecule has 0 aliphatic rings. The largest absolute Gasteiger partial charge is 0.478 e. The van der Waals surface area contributed by atoms with Crippen LogP contribution in [0.5, 0.6) is 0 Å². The van der Waals surface area contributed by atoms with E-state index >= 15 is 0 Å². The van der Waals surface area contributed by atoms with Gasteiger partial charge >= 0.3 is 15.6 Å². The van der Waals surface area contributed by atoms with E-state index in [2.05, 4.69) is 4.31 Å². The minimum Gasteiger partial charge on any atom is -0.412 e. The minimum atomic E-state index is -5.05. The van der Waals surface area contributed by atoms with E-state index in [1.807, 2.05) is 0 Å². The van der Waals surface area contributed by atoms with Gasteiger partial charge in [-0.25, -0.2) is 9.13 Å². The van der Waals surface area contributed by atoms with Gasteiger partial charge in [0.2, 0.25) is 0 Å². The van der Waals surface area contributed by atoms with Crippen molar-refractivity contribution >= 4 is 15.6 Å². The summed E-state index contributed by atoms with van der Waals surface area (Å²) in [6, 6.07) is 0. The number of hydrogen-bond donors (Lipinski definition) is 4. The molecular weight excluding hydrogens is 317 g/mol. The van der Waals surface area contributed by atoms with Crippen LogP contribution in [-0.4, -0.2) is 25.0 Å². The van der Waals surface area contributed by atoms with Crippen molar-refractivity contribution in [3.63, 3.8) is 0 Å². The summed E-state index contributed by atoms with van der Waals surface area (Å²) in [5.74, 6) is 0. The molecule has 0 unspecified atom stereocenters. The van der Waals surface area contributed by atoms with Crippen LogP contribution in [0.1, 0.15) is 0 Å². The second-order valence-electron chi connectivity index (χ2n) is 1.06. The van der Waals surface area contributed by atoms with Crippen molar-refractivity contribution < 1.29 is 72.6 Å². The van der Waals surface area contributed by atoms with E-state index in [1.54, 1.807) is 0 Å². The Hall–Kier alpha value is 1.26. The molecule has 8 nitrogen and oxygen atoms in total. The van der Waals surface area contributed by atoms with Gasteiger partial charge < -0.3 is 25.0 Å². The first kappa shape index (κ1) is 23.2. The maximum atomic E-state index is 9.63. The maximum absolute atomic E-state index is 9.63. The minimum absolute atomic E-state index is 0. The van der Waals surface area contributed by atoms with Crippen molar-refractivity contribution in [3.8, 4) is 0 Å². The van der Waals surface area contributed by atoms with Crippen LogP contribution in [0.4, 0.5) is 0 Å². The summed E-state index contributed by atoms with van der Waals surface area (Å²) >= 11 is 0. The number of phosphoric acid groups is 2. The van der Waals surface area contributed by atoms with Crippen molar-refractivity contribution in [1.82, 2.24) is 0 Å². The van der Waals surface area contributed by atoms with Crippen molar-refractivity contribution in [2.24, 2.45) is 0 Å². The molecule has 12 heteroatoms. The first-order valence-electron chi connectivity index (χ1n) is 1.53. The zero-order valence-electron chi connectivity index (χ0n) is 5.01. The van der Waals surface area contributed by atoms with Gasteiger partial charge in [-0.3, -0.25) is 0 Å². The van der Waals surface area contributed by atoms with Crippen LogP contribution < -0.4 is 0 Å². The molecule has 0 aromatic rings. The quantitative estimate of drug-likeness (QED) is 0.351. The molecule has 0 saturated carbocycles.